The third-order valence-corrected chi connectivity index (χ3v) is 4.32. The molecule has 0 atom stereocenters. The van der Waals surface area contributed by atoms with Crippen LogP contribution in [0.5, 0.6) is 0 Å². The molecule has 0 saturated heterocycles. The maximum Gasteiger partial charge on any atom is 0.259 e. The third-order valence-electron chi connectivity index (χ3n) is 3.20. The van der Waals surface area contributed by atoms with Crippen LogP contribution < -0.4 is 5.56 Å². The van der Waals surface area contributed by atoms with Crippen LogP contribution >= 0.6 is 11.8 Å². The van der Waals surface area contributed by atoms with Gasteiger partial charge >= 0.3 is 0 Å². The summed E-state index contributed by atoms with van der Waals surface area (Å²) in [6, 6.07) is 12.3. The first-order valence-electron chi connectivity index (χ1n) is 6.36. The van der Waals surface area contributed by atoms with Crippen LogP contribution in [-0.2, 0) is 12.8 Å². The number of rotatable bonds is 3. The molecule has 0 unspecified atom stereocenters. The van der Waals surface area contributed by atoms with Gasteiger partial charge in [-0.2, -0.15) is 0 Å². The molecule has 1 aromatic carbocycles. The summed E-state index contributed by atoms with van der Waals surface area (Å²) in [5.74, 6) is 0.872. The van der Waals surface area contributed by atoms with Gasteiger partial charge in [0, 0.05) is 41.7 Å². The number of nitrogens with zero attached hydrogens (tertiary/aromatic N) is 2. The van der Waals surface area contributed by atoms with E-state index < -0.39 is 0 Å². The Morgan fingerprint density at radius 1 is 1.10 bits per heavy atom. The molecule has 0 spiro atoms. The summed E-state index contributed by atoms with van der Waals surface area (Å²) in [7, 11) is 1.76. The highest BCUT2D eigenvalue weighted by atomic mass is 32.2. The van der Waals surface area contributed by atoms with Crippen molar-refractivity contribution in [2.24, 2.45) is 7.05 Å². The van der Waals surface area contributed by atoms with Crippen molar-refractivity contribution in [1.82, 2.24) is 9.55 Å². The quantitative estimate of drug-likeness (QED) is 0.692. The van der Waals surface area contributed by atoms with Crippen LogP contribution in [0.15, 0.2) is 64.7 Å². The highest BCUT2D eigenvalue weighted by molar-refractivity contribution is 7.98. The number of benzene rings is 1. The SMILES string of the molecule is Cn1ccc2c(SCc3ccccc3)cncc2c1=O. The number of aryl methyl sites for hydroxylation is 1. The summed E-state index contributed by atoms with van der Waals surface area (Å²) in [6.07, 6.45) is 5.27. The second-order valence-corrected chi connectivity index (χ2v) is 5.62. The smallest absolute Gasteiger partial charge is 0.259 e. The minimum atomic E-state index is -0.00263. The standard InChI is InChI=1S/C16H14N2OS/c1-18-8-7-13-14(16(18)19)9-17-10-15(13)20-11-12-5-3-2-4-6-12/h2-10H,11H2,1H3. The summed E-state index contributed by atoms with van der Waals surface area (Å²) in [6.45, 7) is 0. The van der Waals surface area contributed by atoms with E-state index in [-0.39, 0.29) is 5.56 Å². The number of pyridine rings is 2. The van der Waals surface area contributed by atoms with Crippen molar-refractivity contribution < 1.29 is 0 Å². The number of thioether (sulfide) groups is 1. The van der Waals surface area contributed by atoms with Gasteiger partial charge in [0.05, 0.1) is 5.39 Å². The maximum atomic E-state index is 12.1. The van der Waals surface area contributed by atoms with Crippen LogP contribution in [0.1, 0.15) is 5.56 Å². The van der Waals surface area contributed by atoms with E-state index in [0.29, 0.717) is 5.39 Å². The lowest BCUT2D eigenvalue weighted by Gasteiger charge is -2.06. The van der Waals surface area contributed by atoms with Gasteiger partial charge in [-0.05, 0) is 11.6 Å². The molecule has 0 aliphatic rings. The van der Waals surface area contributed by atoms with Gasteiger partial charge in [-0.1, -0.05) is 30.3 Å². The second-order valence-electron chi connectivity index (χ2n) is 4.60. The Kier molecular flexibility index (Phi) is 3.56. The summed E-state index contributed by atoms with van der Waals surface area (Å²) in [5.41, 5.74) is 1.26. The second kappa shape index (κ2) is 5.51. The molecule has 2 heterocycles. The number of hydrogen-bond donors (Lipinski definition) is 0. The normalized spacial score (nSPS) is 10.8. The first-order chi connectivity index (χ1) is 9.75. The maximum absolute atomic E-state index is 12.1. The van der Waals surface area contributed by atoms with E-state index in [1.807, 2.05) is 30.5 Å². The Balaban J connectivity index is 1.96. The van der Waals surface area contributed by atoms with E-state index in [0.717, 1.165) is 16.0 Å². The fourth-order valence-corrected chi connectivity index (χ4v) is 3.07. The molecule has 2 aromatic heterocycles. The Hall–Kier alpha value is -2.07. The molecule has 0 aliphatic carbocycles. The largest absolute Gasteiger partial charge is 0.318 e. The van der Waals surface area contributed by atoms with E-state index >= 15 is 0 Å². The van der Waals surface area contributed by atoms with Crippen molar-refractivity contribution in [1.29, 1.82) is 0 Å². The highest BCUT2D eigenvalue weighted by Gasteiger charge is 2.06. The Morgan fingerprint density at radius 2 is 1.90 bits per heavy atom. The molecular formula is C16H14N2OS. The lowest BCUT2D eigenvalue weighted by molar-refractivity contribution is 0.871. The summed E-state index contributed by atoms with van der Waals surface area (Å²) in [4.78, 5) is 17.3. The predicted molar refractivity (Wildman–Crippen MR) is 83.0 cm³/mol. The van der Waals surface area contributed by atoms with Gasteiger partial charge < -0.3 is 4.57 Å². The number of hydrogen-bond acceptors (Lipinski definition) is 3. The van der Waals surface area contributed by atoms with E-state index in [9.17, 15) is 4.79 Å². The summed E-state index contributed by atoms with van der Waals surface area (Å²) >= 11 is 1.71. The highest BCUT2D eigenvalue weighted by Crippen LogP contribution is 2.27. The molecule has 0 fully saturated rings. The lowest BCUT2D eigenvalue weighted by Crippen LogP contribution is -2.15. The van der Waals surface area contributed by atoms with Crippen LogP contribution in [0.25, 0.3) is 10.8 Å². The van der Waals surface area contributed by atoms with Crippen molar-refractivity contribution in [2.45, 2.75) is 10.6 Å². The fourth-order valence-electron chi connectivity index (χ4n) is 2.09. The van der Waals surface area contributed by atoms with Gasteiger partial charge in [0.1, 0.15) is 0 Å². The van der Waals surface area contributed by atoms with Crippen molar-refractivity contribution >= 4 is 22.5 Å². The Morgan fingerprint density at radius 3 is 2.70 bits per heavy atom. The van der Waals surface area contributed by atoms with Gasteiger partial charge in [-0.15, -0.1) is 11.8 Å². The van der Waals surface area contributed by atoms with E-state index in [1.54, 1.807) is 35.8 Å². The van der Waals surface area contributed by atoms with Gasteiger partial charge in [-0.25, -0.2) is 0 Å². The first-order valence-corrected chi connectivity index (χ1v) is 7.34. The lowest BCUT2D eigenvalue weighted by atomic mass is 10.2. The molecule has 3 rings (SSSR count). The molecular weight excluding hydrogens is 268 g/mol. The van der Waals surface area contributed by atoms with Gasteiger partial charge in [-0.3, -0.25) is 9.78 Å². The predicted octanol–water partition coefficient (Wildman–Crippen LogP) is 3.23. The first kappa shape index (κ1) is 12.9. The number of aromatic nitrogens is 2. The zero-order chi connectivity index (χ0) is 13.9. The van der Waals surface area contributed by atoms with Crippen molar-refractivity contribution in [3.63, 3.8) is 0 Å². The molecule has 0 amide bonds. The van der Waals surface area contributed by atoms with Gasteiger partial charge in [0.15, 0.2) is 0 Å². The molecule has 100 valence electrons. The van der Waals surface area contributed by atoms with Crippen LogP contribution in [0.3, 0.4) is 0 Å². The van der Waals surface area contributed by atoms with Gasteiger partial charge in [0.25, 0.3) is 5.56 Å². The molecule has 20 heavy (non-hydrogen) atoms. The van der Waals surface area contributed by atoms with Crippen molar-refractivity contribution in [3.8, 4) is 0 Å². The molecule has 0 radical (unpaired) electrons. The average Bonchev–Trinajstić information content (AvgIpc) is 2.50. The number of fused-ring (bicyclic) bond motifs is 1. The molecule has 3 aromatic rings. The van der Waals surface area contributed by atoms with Crippen LogP contribution in [0, 0.1) is 0 Å². The van der Waals surface area contributed by atoms with Crippen LogP contribution in [-0.4, -0.2) is 9.55 Å². The van der Waals surface area contributed by atoms with Gasteiger partial charge in [0.2, 0.25) is 0 Å². The van der Waals surface area contributed by atoms with E-state index in [4.69, 9.17) is 0 Å². The van der Waals surface area contributed by atoms with Crippen LogP contribution in [0.4, 0.5) is 0 Å². The Labute approximate surface area is 121 Å². The monoisotopic (exact) mass is 282 g/mol. The molecule has 0 N–H and O–H groups in total. The van der Waals surface area contributed by atoms with E-state index in [1.165, 1.54) is 5.56 Å². The average molecular weight is 282 g/mol. The molecule has 0 aliphatic heterocycles. The summed E-state index contributed by atoms with van der Waals surface area (Å²) < 4.78 is 1.58. The Bertz CT molecular complexity index is 796. The minimum absolute atomic E-state index is 0.00263. The van der Waals surface area contributed by atoms with Crippen molar-refractivity contribution in [3.05, 3.63) is 70.9 Å². The fraction of sp³-hybridized carbons (Fsp3) is 0.125. The van der Waals surface area contributed by atoms with Crippen molar-refractivity contribution in [2.75, 3.05) is 0 Å². The molecule has 4 heteroatoms. The third kappa shape index (κ3) is 2.47. The topological polar surface area (TPSA) is 34.9 Å². The van der Waals surface area contributed by atoms with Crippen LogP contribution in [0.2, 0.25) is 0 Å². The molecule has 0 bridgehead atoms. The molecule has 3 nitrogen and oxygen atoms in total. The zero-order valence-electron chi connectivity index (χ0n) is 11.1. The zero-order valence-corrected chi connectivity index (χ0v) is 11.9. The minimum Gasteiger partial charge on any atom is -0.318 e. The van der Waals surface area contributed by atoms with E-state index in [2.05, 4.69) is 17.1 Å². The molecule has 0 saturated carbocycles. The summed E-state index contributed by atoms with van der Waals surface area (Å²) in [5, 5.41) is 1.65.